The molecule has 2 heterocycles. The summed E-state index contributed by atoms with van der Waals surface area (Å²) in [6.45, 7) is -1.16. The SMILES string of the molecule is OC1CCC(Nc2cc(Cl)ncc2C#Cc2cnn(CC(F)(F)F)c2)CC1. The van der Waals surface area contributed by atoms with Crippen LogP contribution in [0.25, 0.3) is 0 Å². The van der Waals surface area contributed by atoms with Crippen molar-refractivity contribution in [2.45, 2.75) is 50.6 Å². The molecule has 0 aliphatic heterocycles. The Hall–Kier alpha value is -2.24. The lowest BCUT2D eigenvalue weighted by molar-refractivity contribution is -0.142. The molecule has 3 rings (SSSR count). The van der Waals surface area contributed by atoms with Crippen molar-refractivity contribution in [2.24, 2.45) is 0 Å². The minimum atomic E-state index is -4.33. The standard InChI is InChI=1S/C18H18ClF3N4O/c19-17-7-16(25-14-3-5-15(27)6-4-14)13(9-23-17)2-1-12-8-24-26(10-12)11-18(20,21)22/h7-10,14-15,27H,3-6,11H2,(H,23,25). The first kappa shape index (κ1) is 19.5. The predicted octanol–water partition coefficient (Wildman–Crippen LogP) is 3.61. The van der Waals surface area contributed by atoms with Gasteiger partial charge >= 0.3 is 6.18 Å². The highest BCUT2D eigenvalue weighted by Crippen LogP contribution is 2.25. The van der Waals surface area contributed by atoms with E-state index in [-0.39, 0.29) is 12.1 Å². The van der Waals surface area contributed by atoms with E-state index in [2.05, 4.69) is 27.2 Å². The van der Waals surface area contributed by atoms with E-state index in [0.29, 0.717) is 22.0 Å². The molecular formula is C18H18ClF3N4O. The largest absolute Gasteiger partial charge is 0.408 e. The van der Waals surface area contributed by atoms with Crippen molar-refractivity contribution in [3.05, 3.63) is 40.9 Å². The van der Waals surface area contributed by atoms with E-state index in [9.17, 15) is 18.3 Å². The van der Waals surface area contributed by atoms with Gasteiger partial charge in [0.15, 0.2) is 0 Å². The van der Waals surface area contributed by atoms with Gasteiger partial charge in [0, 0.05) is 18.4 Å². The summed E-state index contributed by atoms with van der Waals surface area (Å²) in [5, 5.41) is 17.0. The predicted molar refractivity (Wildman–Crippen MR) is 95.4 cm³/mol. The van der Waals surface area contributed by atoms with Crippen LogP contribution in [0.3, 0.4) is 0 Å². The fourth-order valence-electron chi connectivity index (χ4n) is 2.93. The number of nitrogens with one attached hydrogen (secondary N) is 1. The maximum Gasteiger partial charge on any atom is 0.408 e. The number of anilines is 1. The summed E-state index contributed by atoms with van der Waals surface area (Å²) in [6, 6.07) is 1.87. The molecule has 0 saturated heterocycles. The topological polar surface area (TPSA) is 63.0 Å². The highest BCUT2D eigenvalue weighted by Gasteiger charge is 2.28. The van der Waals surface area contributed by atoms with Gasteiger partial charge in [-0.2, -0.15) is 18.3 Å². The van der Waals surface area contributed by atoms with Gasteiger partial charge in [-0.25, -0.2) is 4.98 Å². The maximum absolute atomic E-state index is 12.4. The second-order valence-corrected chi connectivity index (χ2v) is 6.88. The second-order valence-electron chi connectivity index (χ2n) is 6.49. The molecule has 27 heavy (non-hydrogen) atoms. The van der Waals surface area contributed by atoms with E-state index in [0.717, 1.165) is 30.4 Å². The van der Waals surface area contributed by atoms with Crippen molar-refractivity contribution < 1.29 is 18.3 Å². The van der Waals surface area contributed by atoms with Gasteiger partial charge in [0.1, 0.15) is 11.7 Å². The molecular weight excluding hydrogens is 381 g/mol. The molecule has 0 spiro atoms. The van der Waals surface area contributed by atoms with E-state index < -0.39 is 12.7 Å². The van der Waals surface area contributed by atoms with Crippen molar-refractivity contribution in [3.8, 4) is 11.8 Å². The van der Waals surface area contributed by atoms with Crippen LogP contribution in [0.4, 0.5) is 18.9 Å². The lowest BCUT2D eigenvalue weighted by Gasteiger charge is -2.27. The number of hydrogen-bond donors (Lipinski definition) is 2. The van der Waals surface area contributed by atoms with E-state index in [1.165, 1.54) is 18.6 Å². The number of halogens is 4. The number of alkyl halides is 3. The van der Waals surface area contributed by atoms with Gasteiger partial charge in [0.2, 0.25) is 0 Å². The minimum absolute atomic E-state index is 0.196. The summed E-state index contributed by atoms with van der Waals surface area (Å²) in [4.78, 5) is 4.02. The minimum Gasteiger partial charge on any atom is -0.393 e. The summed E-state index contributed by atoms with van der Waals surface area (Å²) in [5.74, 6) is 5.72. The molecule has 0 radical (unpaired) electrons. The Bertz CT molecular complexity index is 848. The fourth-order valence-corrected chi connectivity index (χ4v) is 3.08. The first-order chi connectivity index (χ1) is 12.8. The quantitative estimate of drug-likeness (QED) is 0.612. The number of nitrogens with zero attached hydrogens (tertiary/aromatic N) is 3. The first-order valence-corrected chi connectivity index (χ1v) is 8.88. The van der Waals surface area contributed by atoms with Crippen LogP contribution in [0.1, 0.15) is 36.8 Å². The van der Waals surface area contributed by atoms with Crippen LogP contribution in [-0.2, 0) is 6.54 Å². The number of aliphatic hydroxyl groups is 1. The zero-order valence-corrected chi connectivity index (χ0v) is 15.1. The molecule has 1 aliphatic carbocycles. The molecule has 144 valence electrons. The summed E-state index contributed by atoms with van der Waals surface area (Å²) >= 11 is 5.98. The van der Waals surface area contributed by atoms with Crippen LogP contribution in [-0.4, -0.2) is 38.2 Å². The van der Waals surface area contributed by atoms with Crippen molar-refractivity contribution in [1.29, 1.82) is 0 Å². The van der Waals surface area contributed by atoms with E-state index in [1.54, 1.807) is 6.07 Å². The van der Waals surface area contributed by atoms with Gasteiger partial charge < -0.3 is 10.4 Å². The van der Waals surface area contributed by atoms with E-state index >= 15 is 0 Å². The van der Waals surface area contributed by atoms with Gasteiger partial charge in [-0.05, 0) is 31.7 Å². The number of pyridine rings is 1. The van der Waals surface area contributed by atoms with Gasteiger partial charge in [0.25, 0.3) is 0 Å². The Morgan fingerprint density at radius 3 is 2.67 bits per heavy atom. The second kappa shape index (κ2) is 8.19. The highest BCUT2D eigenvalue weighted by atomic mass is 35.5. The van der Waals surface area contributed by atoms with Gasteiger partial charge in [0.05, 0.1) is 29.1 Å². The first-order valence-electron chi connectivity index (χ1n) is 8.50. The number of rotatable bonds is 3. The van der Waals surface area contributed by atoms with Crippen molar-refractivity contribution in [2.75, 3.05) is 5.32 Å². The molecule has 0 amide bonds. The lowest BCUT2D eigenvalue weighted by Crippen LogP contribution is -2.28. The monoisotopic (exact) mass is 398 g/mol. The van der Waals surface area contributed by atoms with Crippen molar-refractivity contribution in [1.82, 2.24) is 14.8 Å². The Morgan fingerprint density at radius 1 is 1.22 bits per heavy atom. The molecule has 0 atom stereocenters. The third-order valence-electron chi connectivity index (χ3n) is 4.24. The third kappa shape index (κ3) is 5.88. The molecule has 1 aliphatic rings. The van der Waals surface area contributed by atoms with Crippen LogP contribution in [0, 0.1) is 11.8 Å². The molecule has 1 saturated carbocycles. The van der Waals surface area contributed by atoms with Crippen LogP contribution >= 0.6 is 11.6 Å². The molecule has 5 nitrogen and oxygen atoms in total. The van der Waals surface area contributed by atoms with E-state index in [4.69, 9.17) is 11.6 Å². The normalized spacial score (nSPS) is 20.0. The zero-order chi connectivity index (χ0) is 19.4. The molecule has 1 fully saturated rings. The summed E-state index contributed by atoms with van der Waals surface area (Å²) in [7, 11) is 0. The molecule has 2 aromatic rings. The summed E-state index contributed by atoms with van der Waals surface area (Å²) in [5.41, 5.74) is 1.68. The van der Waals surface area contributed by atoms with Crippen LogP contribution in [0.15, 0.2) is 24.7 Å². The van der Waals surface area contributed by atoms with Crippen molar-refractivity contribution in [3.63, 3.8) is 0 Å². The molecule has 0 bridgehead atoms. The maximum atomic E-state index is 12.4. The summed E-state index contributed by atoms with van der Waals surface area (Å²) < 4.78 is 38.0. The van der Waals surface area contributed by atoms with Crippen molar-refractivity contribution >= 4 is 17.3 Å². The van der Waals surface area contributed by atoms with E-state index in [1.807, 2.05) is 0 Å². The number of hydrogen-bond acceptors (Lipinski definition) is 4. The molecule has 0 aromatic carbocycles. The third-order valence-corrected chi connectivity index (χ3v) is 4.45. The zero-order valence-electron chi connectivity index (χ0n) is 14.3. The van der Waals surface area contributed by atoms with Crippen LogP contribution < -0.4 is 5.32 Å². The van der Waals surface area contributed by atoms with Crippen LogP contribution in [0.2, 0.25) is 5.15 Å². The number of aliphatic hydroxyl groups excluding tert-OH is 1. The van der Waals surface area contributed by atoms with Gasteiger partial charge in [-0.15, -0.1) is 0 Å². The van der Waals surface area contributed by atoms with Crippen LogP contribution in [0.5, 0.6) is 0 Å². The molecule has 0 unspecified atom stereocenters. The Labute approximate surface area is 159 Å². The molecule has 9 heteroatoms. The number of aromatic nitrogens is 3. The smallest absolute Gasteiger partial charge is 0.393 e. The molecule has 2 aromatic heterocycles. The van der Waals surface area contributed by atoms with Gasteiger partial charge in [-0.3, -0.25) is 4.68 Å². The lowest BCUT2D eigenvalue weighted by atomic mass is 9.93. The Kier molecular flexibility index (Phi) is 5.92. The fraction of sp³-hybridized carbons (Fsp3) is 0.444. The average Bonchev–Trinajstić information content (AvgIpc) is 3.01. The van der Waals surface area contributed by atoms with Gasteiger partial charge in [-0.1, -0.05) is 23.4 Å². The average molecular weight is 399 g/mol. The summed E-state index contributed by atoms with van der Waals surface area (Å²) in [6.07, 6.45) is 2.60. The Balaban J connectivity index is 1.75. The highest BCUT2D eigenvalue weighted by molar-refractivity contribution is 6.29. The Morgan fingerprint density at radius 2 is 1.96 bits per heavy atom. The molecule has 2 N–H and O–H groups in total.